The molecule has 0 aliphatic rings. The number of halogens is 1. The van der Waals surface area contributed by atoms with Crippen LogP contribution in [0.25, 0.3) is 0 Å². The fourth-order valence-electron chi connectivity index (χ4n) is 1.53. The summed E-state index contributed by atoms with van der Waals surface area (Å²) in [7, 11) is 0. The number of aromatic carboxylic acids is 1. The zero-order valence-electron chi connectivity index (χ0n) is 10.5. The molecule has 0 unspecified atom stereocenters. The third kappa shape index (κ3) is 3.76. The molecule has 1 aromatic heterocycles. The van der Waals surface area contributed by atoms with Crippen molar-refractivity contribution in [3.05, 3.63) is 62.2 Å². The first-order chi connectivity index (χ1) is 9.97. The van der Waals surface area contributed by atoms with E-state index in [0.29, 0.717) is 0 Å². The van der Waals surface area contributed by atoms with E-state index in [1.54, 1.807) is 12.1 Å². The minimum atomic E-state index is -1.29. The minimum Gasteiger partial charge on any atom is -0.478 e. The monoisotopic (exact) mass is 352 g/mol. The Morgan fingerprint density at radius 2 is 2.05 bits per heavy atom. The van der Waals surface area contributed by atoms with Crippen molar-refractivity contribution in [2.24, 2.45) is 0 Å². The highest BCUT2D eigenvalue weighted by atomic mass is 79.9. The smallest absolute Gasteiger partial charge is 0.337 e. The topological polar surface area (TPSA) is 103 Å². The van der Waals surface area contributed by atoms with E-state index < -0.39 is 16.6 Å². The van der Waals surface area contributed by atoms with Crippen molar-refractivity contribution in [1.29, 1.82) is 0 Å². The largest absolute Gasteiger partial charge is 0.478 e. The molecule has 0 aliphatic heterocycles. The van der Waals surface area contributed by atoms with Crippen molar-refractivity contribution in [1.82, 2.24) is 4.98 Å². The summed E-state index contributed by atoms with van der Waals surface area (Å²) < 4.78 is 6.20. The number of benzene rings is 1. The first-order valence-electron chi connectivity index (χ1n) is 5.72. The highest BCUT2D eigenvalue weighted by Gasteiger charge is 2.20. The zero-order chi connectivity index (χ0) is 15.4. The van der Waals surface area contributed by atoms with Crippen LogP contribution >= 0.6 is 15.9 Å². The van der Waals surface area contributed by atoms with Gasteiger partial charge in [0, 0.05) is 16.7 Å². The van der Waals surface area contributed by atoms with E-state index in [9.17, 15) is 14.9 Å². The second kappa shape index (κ2) is 6.31. The van der Waals surface area contributed by atoms with Crippen LogP contribution in [0.5, 0.6) is 5.88 Å². The number of nitro groups is 1. The van der Waals surface area contributed by atoms with E-state index in [-0.39, 0.29) is 18.1 Å². The van der Waals surface area contributed by atoms with E-state index >= 15 is 0 Å². The van der Waals surface area contributed by atoms with Gasteiger partial charge in [-0.3, -0.25) is 10.1 Å². The second-order valence-corrected chi connectivity index (χ2v) is 4.94. The summed E-state index contributed by atoms with van der Waals surface area (Å²) in [5, 5.41) is 19.7. The van der Waals surface area contributed by atoms with E-state index in [1.165, 1.54) is 0 Å². The molecule has 21 heavy (non-hydrogen) atoms. The maximum absolute atomic E-state index is 10.9. The van der Waals surface area contributed by atoms with Crippen LogP contribution in [-0.2, 0) is 6.61 Å². The molecule has 108 valence electrons. The Kier molecular flexibility index (Phi) is 4.49. The van der Waals surface area contributed by atoms with Crippen LogP contribution < -0.4 is 4.74 Å². The lowest BCUT2D eigenvalue weighted by atomic mass is 10.2. The zero-order valence-corrected chi connectivity index (χ0v) is 12.1. The van der Waals surface area contributed by atoms with Gasteiger partial charge in [0.05, 0.1) is 10.5 Å². The van der Waals surface area contributed by atoms with Crippen molar-refractivity contribution in [2.45, 2.75) is 6.61 Å². The molecule has 0 amide bonds. The maximum Gasteiger partial charge on any atom is 0.337 e. The third-order valence-electron chi connectivity index (χ3n) is 2.56. The van der Waals surface area contributed by atoms with E-state index in [2.05, 4.69) is 20.9 Å². The van der Waals surface area contributed by atoms with Crippen LogP contribution in [-0.4, -0.2) is 21.0 Å². The van der Waals surface area contributed by atoms with Gasteiger partial charge in [-0.2, -0.15) is 0 Å². The molecule has 0 bridgehead atoms. The lowest BCUT2D eigenvalue weighted by Gasteiger charge is -2.06. The number of carboxylic acid groups (broad SMARTS) is 1. The summed E-state index contributed by atoms with van der Waals surface area (Å²) in [5.74, 6) is -1.50. The quantitative estimate of drug-likeness (QED) is 0.655. The molecular formula is C13H9BrN2O5. The van der Waals surface area contributed by atoms with E-state index in [1.807, 2.05) is 12.1 Å². The molecule has 2 aromatic rings. The van der Waals surface area contributed by atoms with Crippen molar-refractivity contribution in [3.8, 4) is 5.88 Å². The van der Waals surface area contributed by atoms with Gasteiger partial charge in [0.15, 0.2) is 0 Å². The molecule has 0 saturated carbocycles. The summed E-state index contributed by atoms with van der Waals surface area (Å²) in [6.07, 6.45) is 1.02. The highest BCUT2D eigenvalue weighted by Crippen LogP contribution is 2.26. The normalized spacial score (nSPS) is 10.1. The number of hydrogen-bond donors (Lipinski definition) is 1. The molecule has 0 fully saturated rings. The van der Waals surface area contributed by atoms with Gasteiger partial charge in [-0.1, -0.05) is 28.1 Å². The van der Waals surface area contributed by atoms with Gasteiger partial charge in [-0.25, -0.2) is 9.78 Å². The SMILES string of the molecule is O=C(O)c1cnc(OCc2ccc(Br)cc2)c([N+](=O)[O-])c1. The Bertz CT molecular complexity index is 687. The minimum absolute atomic E-state index is 0.0908. The standard InChI is InChI=1S/C13H9BrN2O5/c14-10-3-1-8(2-4-10)7-21-12-11(16(19)20)5-9(6-15-12)13(17)18/h1-6H,7H2,(H,17,18). The van der Waals surface area contributed by atoms with Crippen LogP contribution in [0.3, 0.4) is 0 Å². The summed E-state index contributed by atoms with van der Waals surface area (Å²) in [5.41, 5.74) is 0.0568. The van der Waals surface area contributed by atoms with Gasteiger partial charge in [0.1, 0.15) is 6.61 Å². The Labute approximate surface area is 127 Å². The number of rotatable bonds is 5. The lowest BCUT2D eigenvalue weighted by molar-refractivity contribution is -0.386. The van der Waals surface area contributed by atoms with Gasteiger partial charge in [0.2, 0.25) is 0 Å². The van der Waals surface area contributed by atoms with Crippen LogP contribution in [0.1, 0.15) is 15.9 Å². The molecule has 0 saturated heterocycles. The number of aromatic nitrogens is 1. The molecule has 1 heterocycles. The van der Waals surface area contributed by atoms with Gasteiger partial charge >= 0.3 is 11.7 Å². The number of pyridine rings is 1. The average molecular weight is 353 g/mol. The third-order valence-corrected chi connectivity index (χ3v) is 3.09. The first-order valence-corrected chi connectivity index (χ1v) is 6.51. The van der Waals surface area contributed by atoms with Gasteiger partial charge < -0.3 is 9.84 Å². The molecule has 0 aliphatic carbocycles. The fraction of sp³-hybridized carbons (Fsp3) is 0.0769. The summed E-state index contributed by atoms with van der Waals surface area (Å²) in [6.45, 7) is 0.0908. The number of carboxylic acids is 1. The molecule has 1 aromatic carbocycles. The van der Waals surface area contributed by atoms with E-state index in [0.717, 1.165) is 22.3 Å². The number of hydrogen-bond acceptors (Lipinski definition) is 5. The fourth-order valence-corrected chi connectivity index (χ4v) is 1.80. The highest BCUT2D eigenvalue weighted by molar-refractivity contribution is 9.10. The molecule has 2 rings (SSSR count). The van der Waals surface area contributed by atoms with Crippen molar-refractivity contribution < 1.29 is 19.6 Å². The predicted octanol–water partition coefficient (Wildman–Crippen LogP) is 3.03. The van der Waals surface area contributed by atoms with Crippen molar-refractivity contribution >= 4 is 27.6 Å². The Balaban J connectivity index is 2.21. The number of nitrogens with zero attached hydrogens (tertiary/aromatic N) is 2. The van der Waals surface area contributed by atoms with Crippen LogP contribution in [0, 0.1) is 10.1 Å². The molecule has 7 nitrogen and oxygen atoms in total. The summed E-state index contributed by atoms with van der Waals surface area (Å²) in [4.78, 5) is 24.7. The molecular weight excluding hydrogens is 344 g/mol. The van der Waals surface area contributed by atoms with Gasteiger partial charge in [0.25, 0.3) is 5.88 Å². The van der Waals surface area contributed by atoms with Crippen molar-refractivity contribution in [3.63, 3.8) is 0 Å². The van der Waals surface area contributed by atoms with Gasteiger partial charge in [-0.15, -0.1) is 0 Å². The number of ether oxygens (including phenoxy) is 1. The summed E-state index contributed by atoms with van der Waals surface area (Å²) >= 11 is 3.30. The average Bonchev–Trinajstić information content (AvgIpc) is 2.46. The maximum atomic E-state index is 10.9. The number of carbonyl (C=O) groups is 1. The molecule has 1 N–H and O–H groups in total. The molecule has 0 atom stereocenters. The van der Waals surface area contributed by atoms with Gasteiger partial charge in [-0.05, 0) is 17.7 Å². The van der Waals surface area contributed by atoms with Crippen LogP contribution in [0.4, 0.5) is 5.69 Å². The van der Waals surface area contributed by atoms with Crippen LogP contribution in [0.2, 0.25) is 0 Å². The first kappa shape index (κ1) is 14.9. The lowest BCUT2D eigenvalue weighted by Crippen LogP contribution is -2.04. The molecule has 0 spiro atoms. The van der Waals surface area contributed by atoms with E-state index in [4.69, 9.17) is 9.84 Å². The Hall–Kier alpha value is -2.48. The van der Waals surface area contributed by atoms with Crippen LogP contribution in [0.15, 0.2) is 41.0 Å². The predicted molar refractivity (Wildman–Crippen MR) is 76.3 cm³/mol. The molecule has 0 radical (unpaired) electrons. The Morgan fingerprint density at radius 3 is 2.62 bits per heavy atom. The summed E-state index contributed by atoms with van der Waals surface area (Å²) in [6, 6.07) is 8.14. The molecule has 8 heteroatoms. The second-order valence-electron chi connectivity index (χ2n) is 4.03. The van der Waals surface area contributed by atoms with Crippen molar-refractivity contribution in [2.75, 3.05) is 0 Å². The Morgan fingerprint density at radius 1 is 1.38 bits per heavy atom.